The van der Waals surface area contributed by atoms with Crippen LogP contribution in [0.1, 0.15) is 24.2 Å². The molecule has 0 aliphatic heterocycles. The van der Waals surface area contributed by atoms with Crippen LogP contribution < -0.4 is 5.32 Å². The Bertz CT molecular complexity index is 1370. The number of aromatic nitrogens is 2. The van der Waals surface area contributed by atoms with Crippen molar-refractivity contribution in [3.63, 3.8) is 0 Å². The predicted molar refractivity (Wildman–Crippen MR) is 131 cm³/mol. The summed E-state index contributed by atoms with van der Waals surface area (Å²) in [6.45, 7) is 1.78. The van der Waals surface area contributed by atoms with Crippen molar-refractivity contribution in [1.29, 1.82) is 0 Å². The molecule has 7 nitrogen and oxygen atoms in total. The molecule has 1 heterocycles. The third kappa shape index (κ3) is 5.10. The molecular formula is C27H23F2N3O4. The summed E-state index contributed by atoms with van der Waals surface area (Å²) in [6.07, 6.45) is 0.559. The largest absolute Gasteiger partial charge is 0.477 e. The van der Waals surface area contributed by atoms with Gasteiger partial charge in [0.05, 0.1) is 6.20 Å². The second-order valence-electron chi connectivity index (χ2n) is 8.15. The van der Waals surface area contributed by atoms with E-state index in [1.165, 1.54) is 16.8 Å². The summed E-state index contributed by atoms with van der Waals surface area (Å²) in [5.41, 5.74) is 3.12. The van der Waals surface area contributed by atoms with Gasteiger partial charge in [-0.15, -0.1) is 0 Å². The van der Waals surface area contributed by atoms with Gasteiger partial charge in [0.1, 0.15) is 11.9 Å². The van der Waals surface area contributed by atoms with E-state index in [-0.39, 0.29) is 0 Å². The molecule has 0 aliphatic rings. The number of anilines is 1. The summed E-state index contributed by atoms with van der Waals surface area (Å²) < 4.78 is 34.4. The molecule has 0 fully saturated rings. The number of carboxylic acids is 1. The van der Waals surface area contributed by atoms with Gasteiger partial charge in [0.25, 0.3) is 0 Å². The first kappa shape index (κ1) is 24.6. The summed E-state index contributed by atoms with van der Waals surface area (Å²) >= 11 is 0. The lowest BCUT2D eigenvalue weighted by Crippen LogP contribution is -2.25. The summed E-state index contributed by atoms with van der Waals surface area (Å²) in [5.74, 6) is -5.70. The van der Waals surface area contributed by atoms with Gasteiger partial charge in [0, 0.05) is 18.2 Å². The number of hydrogen-bond donors (Lipinski definition) is 2. The Morgan fingerprint density at radius 3 is 2.08 bits per heavy atom. The number of carbonyl (C=O) groups is 2. The van der Waals surface area contributed by atoms with E-state index in [9.17, 15) is 18.4 Å². The number of alkyl halides is 2. The van der Waals surface area contributed by atoms with Gasteiger partial charge >= 0.3 is 18.0 Å². The molecule has 0 bridgehead atoms. The monoisotopic (exact) mass is 491 g/mol. The van der Waals surface area contributed by atoms with Gasteiger partial charge in [0.2, 0.25) is 0 Å². The molecule has 1 amide bonds. The molecule has 4 aromatic rings. The molecule has 0 aliphatic carbocycles. The van der Waals surface area contributed by atoms with Crippen LogP contribution in [0, 0.1) is 0 Å². The van der Waals surface area contributed by atoms with Crippen molar-refractivity contribution in [2.75, 3.05) is 5.32 Å². The summed E-state index contributed by atoms with van der Waals surface area (Å²) in [4.78, 5) is 23.3. The van der Waals surface area contributed by atoms with E-state index in [4.69, 9.17) is 9.84 Å². The van der Waals surface area contributed by atoms with Crippen molar-refractivity contribution in [2.24, 2.45) is 7.05 Å². The lowest BCUT2D eigenvalue weighted by Gasteiger charge is -2.15. The molecule has 0 unspecified atom stereocenters. The molecule has 9 heteroatoms. The molecule has 0 saturated heterocycles. The highest BCUT2D eigenvalue weighted by atomic mass is 19.3. The van der Waals surface area contributed by atoms with E-state index < -0.39 is 29.7 Å². The van der Waals surface area contributed by atoms with Crippen LogP contribution in [0.5, 0.6) is 0 Å². The van der Waals surface area contributed by atoms with E-state index >= 15 is 0 Å². The maximum Gasteiger partial charge on any atom is 0.413 e. The summed E-state index contributed by atoms with van der Waals surface area (Å²) in [7, 11) is 1.70. The van der Waals surface area contributed by atoms with Gasteiger partial charge in [-0.1, -0.05) is 78.9 Å². The molecule has 0 spiro atoms. The molecule has 184 valence electrons. The number of halogens is 2. The molecule has 1 atom stereocenters. The third-order valence-electron chi connectivity index (χ3n) is 5.76. The fraction of sp³-hybridized carbons (Fsp3) is 0.148. The molecule has 36 heavy (non-hydrogen) atoms. The Morgan fingerprint density at radius 2 is 1.50 bits per heavy atom. The van der Waals surface area contributed by atoms with Gasteiger partial charge in [-0.05, 0) is 29.2 Å². The minimum atomic E-state index is -3.95. The normalized spacial score (nSPS) is 12.1. The Balaban J connectivity index is 1.50. The summed E-state index contributed by atoms with van der Waals surface area (Å²) in [6, 6.07) is 21.7. The fourth-order valence-electron chi connectivity index (χ4n) is 3.71. The van der Waals surface area contributed by atoms with Crippen LogP contribution in [0.3, 0.4) is 0 Å². The second kappa shape index (κ2) is 9.99. The van der Waals surface area contributed by atoms with E-state index in [2.05, 4.69) is 10.4 Å². The average Bonchev–Trinajstić information content (AvgIpc) is 3.24. The Morgan fingerprint density at radius 1 is 0.944 bits per heavy atom. The molecule has 0 saturated carbocycles. The zero-order valence-electron chi connectivity index (χ0n) is 19.5. The molecule has 0 radical (unpaired) electrons. The van der Waals surface area contributed by atoms with E-state index in [0.717, 1.165) is 28.8 Å². The van der Waals surface area contributed by atoms with Crippen molar-refractivity contribution < 1.29 is 28.2 Å². The molecule has 1 aromatic heterocycles. The van der Waals surface area contributed by atoms with Gasteiger partial charge in [0.15, 0.2) is 0 Å². The van der Waals surface area contributed by atoms with Crippen molar-refractivity contribution in [2.45, 2.75) is 19.0 Å². The van der Waals surface area contributed by atoms with Gasteiger partial charge in [-0.3, -0.25) is 10.00 Å². The number of amides is 1. The fourth-order valence-corrected chi connectivity index (χ4v) is 3.71. The Labute approximate surface area is 206 Å². The van der Waals surface area contributed by atoms with Crippen molar-refractivity contribution in [1.82, 2.24) is 9.78 Å². The second-order valence-corrected chi connectivity index (χ2v) is 8.15. The third-order valence-corrected chi connectivity index (χ3v) is 5.76. The van der Waals surface area contributed by atoms with Crippen LogP contribution in [0.25, 0.3) is 22.3 Å². The molecule has 2 N–H and O–H groups in total. The zero-order valence-corrected chi connectivity index (χ0v) is 19.5. The van der Waals surface area contributed by atoms with E-state index in [1.54, 1.807) is 32.3 Å². The minimum Gasteiger partial charge on any atom is -0.477 e. The van der Waals surface area contributed by atoms with Gasteiger partial charge in [-0.2, -0.15) is 13.9 Å². The lowest BCUT2D eigenvalue weighted by molar-refractivity contribution is -0.166. The van der Waals surface area contributed by atoms with Crippen LogP contribution in [-0.2, 0) is 22.5 Å². The van der Waals surface area contributed by atoms with Gasteiger partial charge < -0.3 is 9.84 Å². The first-order valence-electron chi connectivity index (χ1n) is 11.0. The average molecular weight is 491 g/mol. The maximum atomic E-state index is 13.7. The molecular weight excluding hydrogens is 468 g/mol. The van der Waals surface area contributed by atoms with Crippen molar-refractivity contribution in [3.8, 4) is 22.3 Å². The number of ether oxygens (including phenoxy) is 1. The summed E-state index contributed by atoms with van der Waals surface area (Å²) in [5, 5.41) is 15.7. The number of carboxylic acid groups (broad SMARTS) is 1. The zero-order chi connectivity index (χ0) is 25.9. The number of nitrogens with one attached hydrogen (secondary N) is 1. The van der Waals surface area contributed by atoms with Gasteiger partial charge in [-0.25, -0.2) is 9.59 Å². The quantitative estimate of drug-likeness (QED) is 0.319. The van der Waals surface area contributed by atoms with Crippen LogP contribution >= 0.6 is 0 Å². The van der Waals surface area contributed by atoms with Crippen LogP contribution in [0.15, 0.2) is 85.1 Å². The predicted octanol–water partition coefficient (Wildman–Crippen LogP) is 6.24. The molecule has 3 aromatic carbocycles. The minimum absolute atomic E-state index is 0.441. The first-order valence-corrected chi connectivity index (χ1v) is 11.0. The van der Waals surface area contributed by atoms with Crippen LogP contribution in [-0.4, -0.2) is 26.9 Å². The SMILES string of the molecule is C[C@@H](OC(=O)Nc1c(-c2ccc(-c3ccc(C(F)(F)C(=O)O)cc3)cc2)cnn1C)c1ccccc1. The topological polar surface area (TPSA) is 93.4 Å². The number of hydrogen-bond acceptors (Lipinski definition) is 4. The number of carbonyl (C=O) groups excluding carboxylic acids is 1. The van der Waals surface area contributed by atoms with Crippen LogP contribution in [0.2, 0.25) is 0 Å². The number of aryl methyl sites for hydroxylation is 1. The van der Waals surface area contributed by atoms with Crippen LogP contribution in [0.4, 0.5) is 19.4 Å². The highest BCUT2D eigenvalue weighted by molar-refractivity contribution is 5.90. The van der Waals surface area contributed by atoms with Crippen molar-refractivity contribution in [3.05, 3.63) is 96.2 Å². The van der Waals surface area contributed by atoms with Crippen molar-refractivity contribution >= 4 is 17.9 Å². The smallest absolute Gasteiger partial charge is 0.413 e. The van der Waals surface area contributed by atoms with E-state index in [1.807, 2.05) is 42.5 Å². The highest BCUT2D eigenvalue weighted by Crippen LogP contribution is 2.32. The standard InChI is InChI=1S/C27H23F2N3O4/c1-17(18-6-4-3-5-7-18)36-26(35)31-24-23(16-30-32(24)2)21-10-8-19(9-11-21)20-12-14-22(15-13-20)27(28,29)25(33)34/h3-17H,1-2H3,(H,31,35)(H,33,34)/t17-/m1/s1. The Hall–Kier alpha value is -4.53. The maximum absolute atomic E-state index is 13.7. The lowest BCUT2D eigenvalue weighted by atomic mass is 9.99. The number of rotatable bonds is 7. The highest BCUT2D eigenvalue weighted by Gasteiger charge is 2.40. The first-order chi connectivity index (χ1) is 17.2. The van der Waals surface area contributed by atoms with E-state index in [0.29, 0.717) is 16.9 Å². The number of aliphatic carboxylic acids is 1. The molecule has 4 rings (SSSR count). The number of benzene rings is 3. The Kier molecular flexibility index (Phi) is 6.82. The number of nitrogens with zero attached hydrogens (tertiary/aromatic N) is 2.